The van der Waals surface area contributed by atoms with Crippen molar-refractivity contribution in [2.24, 2.45) is 5.92 Å². The summed E-state index contributed by atoms with van der Waals surface area (Å²) in [5.41, 5.74) is 0. The molecule has 2 aliphatic rings. The first kappa shape index (κ1) is 14.8. The number of rotatable bonds is 4. The lowest BCUT2D eigenvalue weighted by molar-refractivity contribution is -0.133. The molecule has 2 heterocycles. The van der Waals surface area contributed by atoms with Crippen molar-refractivity contribution in [2.45, 2.75) is 65.2 Å². The first-order valence-electron chi connectivity index (χ1n) is 7.83. The Balaban J connectivity index is 2.01. The Bertz CT molecular complexity index is 319. The molecule has 3 unspecified atom stereocenters. The van der Waals surface area contributed by atoms with Gasteiger partial charge in [-0.1, -0.05) is 20.8 Å². The molecule has 1 amide bonds. The maximum absolute atomic E-state index is 12.6. The lowest BCUT2D eigenvalue weighted by atomic mass is 10.0. The first-order valence-corrected chi connectivity index (χ1v) is 7.83. The largest absolute Gasteiger partial charge is 0.322 e. The number of hydrogen-bond donors (Lipinski definition) is 1. The fourth-order valence-corrected chi connectivity index (χ4v) is 3.50. The van der Waals surface area contributed by atoms with Gasteiger partial charge in [0.1, 0.15) is 0 Å². The molecule has 0 aromatic carbocycles. The third kappa shape index (κ3) is 3.29. The van der Waals surface area contributed by atoms with Crippen LogP contribution in [0.5, 0.6) is 0 Å². The summed E-state index contributed by atoms with van der Waals surface area (Å²) in [6.07, 6.45) is 3.51. The minimum absolute atomic E-state index is 0.0343. The van der Waals surface area contributed by atoms with Gasteiger partial charge in [-0.3, -0.25) is 10.1 Å². The van der Waals surface area contributed by atoms with E-state index in [1.54, 1.807) is 0 Å². The Morgan fingerprint density at radius 3 is 2.79 bits per heavy atom. The van der Waals surface area contributed by atoms with Crippen LogP contribution in [0.1, 0.15) is 47.0 Å². The summed E-state index contributed by atoms with van der Waals surface area (Å²) in [6, 6.07) is 0.438. The number of piperidine rings is 1. The maximum atomic E-state index is 12.6. The number of carbonyl (C=O) groups is 1. The van der Waals surface area contributed by atoms with Crippen LogP contribution >= 0.6 is 0 Å². The van der Waals surface area contributed by atoms with Crippen molar-refractivity contribution in [3.8, 4) is 0 Å². The average Bonchev–Trinajstić information content (AvgIpc) is 2.64. The Hall–Kier alpha value is -0.610. The van der Waals surface area contributed by atoms with Gasteiger partial charge in [0.25, 0.3) is 0 Å². The molecule has 2 rings (SSSR count). The van der Waals surface area contributed by atoms with Gasteiger partial charge in [0, 0.05) is 12.6 Å². The Labute approximate surface area is 117 Å². The molecule has 2 saturated heterocycles. The molecule has 4 nitrogen and oxygen atoms in total. The van der Waals surface area contributed by atoms with Crippen molar-refractivity contribution >= 4 is 5.91 Å². The van der Waals surface area contributed by atoms with Crippen LogP contribution in [0.2, 0.25) is 0 Å². The number of amides is 1. The van der Waals surface area contributed by atoms with Gasteiger partial charge in [0.2, 0.25) is 5.91 Å². The molecule has 0 aliphatic carbocycles. The molecular formula is C15H29N3O. The van der Waals surface area contributed by atoms with Crippen LogP contribution in [0.4, 0.5) is 0 Å². The van der Waals surface area contributed by atoms with E-state index in [9.17, 15) is 4.79 Å². The smallest absolute Gasteiger partial charge is 0.241 e. The van der Waals surface area contributed by atoms with Gasteiger partial charge in [-0.25, -0.2) is 0 Å². The first-order chi connectivity index (χ1) is 9.02. The van der Waals surface area contributed by atoms with E-state index >= 15 is 0 Å². The highest BCUT2D eigenvalue weighted by molar-refractivity contribution is 5.84. The van der Waals surface area contributed by atoms with Crippen LogP contribution in [-0.2, 0) is 4.79 Å². The van der Waals surface area contributed by atoms with E-state index < -0.39 is 0 Å². The Morgan fingerprint density at radius 1 is 1.42 bits per heavy atom. The van der Waals surface area contributed by atoms with Crippen LogP contribution in [0.25, 0.3) is 0 Å². The summed E-state index contributed by atoms with van der Waals surface area (Å²) in [6.45, 7) is 12.0. The molecule has 19 heavy (non-hydrogen) atoms. The molecule has 0 aromatic heterocycles. The molecule has 0 saturated carbocycles. The zero-order chi connectivity index (χ0) is 14.0. The molecule has 0 bridgehead atoms. The second-order valence-corrected chi connectivity index (χ2v) is 6.46. The minimum Gasteiger partial charge on any atom is -0.322 e. The van der Waals surface area contributed by atoms with E-state index in [-0.39, 0.29) is 12.2 Å². The quantitative estimate of drug-likeness (QED) is 0.841. The van der Waals surface area contributed by atoms with E-state index in [0.29, 0.717) is 17.9 Å². The summed E-state index contributed by atoms with van der Waals surface area (Å²) in [7, 11) is 0. The molecule has 1 N–H and O–H groups in total. The maximum Gasteiger partial charge on any atom is 0.241 e. The molecule has 4 heteroatoms. The van der Waals surface area contributed by atoms with E-state index in [1.807, 2.05) is 0 Å². The SMILES string of the molecule is CCN1CCCC(N2C(=O)C(CC(C)C)NC2C)C1. The van der Waals surface area contributed by atoms with Crippen molar-refractivity contribution in [3.63, 3.8) is 0 Å². The van der Waals surface area contributed by atoms with Gasteiger partial charge in [0.15, 0.2) is 0 Å². The zero-order valence-electron chi connectivity index (χ0n) is 12.9. The Kier molecular flexibility index (Phi) is 4.85. The van der Waals surface area contributed by atoms with Crippen molar-refractivity contribution in [1.29, 1.82) is 0 Å². The van der Waals surface area contributed by atoms with E-state index in [0.717, 1.165) is 25.9 Å². The van der Waals surface area contributed by atoms with Gasteiger partial charge in [-0.05, 0) is 45.2 Å². The van der Waals surface area contributed by atoms with E-state index in [4.69, 9.17) is 0 Å². The number of likely N-dealkylation sites (N-methyl/N-ethyl adjacent to an activating group) is 1. The number of carbonyl (C=O) groups excluding carboxylic acids is 1. The highest BCUT2D eigenvalue weighted by Gasteiger charge is 2.41. The molecule has 2 fully saturated rings. The van der Waals surface area contributed by atoms with E-state index in [2.05, 4.69) is 42.8 Å². The second-order valence-electron chi connectivity index (χ2n) is 6.46. The molecule has 3 atom stereocenters. The van der Waals surface area contributed by atoms with E-state index in [1.165, 1.54) is 13.0 Å². The second kappa shape index (κ2) is 6.23. The van der Waals surface area contributed by atoms with Crippen molar-refractivity contribution in [2.75, 3.05) is 19.6 Å². The molecule has 0 aromatic rings. The summed E-state index contributed by atoms with van der Waals surface area (Å²) >= 11 is 0. The fourth-order valence-electron chi connectivity index (χ4n) is 3.50. The standard InChI is InChI=1S/C15H29N3O/c1-5-17-8-6-7-13(10-17)18-12(4)16-14(15(18)19)9-11(2)3/h11-14,16H,5-10H2,1-4H3. The average molecular weight is 267 g/mol. The van der Waals surface area contributed by atoms with Crippen LogP contribution in [0.15, 0.2) is 0 Å². The highest BCUT2D eigenvalue weighted by Crippen LogP contribution is 2.24. The lowest BCUT2D eigenvalue weighted by Crippen LogP contribution is -2.51. The summed E-state index contributed by atoms with van der Waals surface area (Å²) in [5.74, 6) is 0.885. The molecule has 110 valence electrons. The van der Waals surface area contributed by atoms with Crippen LogP contribution < -0.4 is 5.32 Å². The number of nitrogens with one attached hydrogen (secondary N) is 1. The zero-order valence-corrected chi connectivity index (χ0v) is 12.9. The van der Waals surface area contributed by atoms with Gasteiger partial charge in [-0.2, -0.15) is 0 Å². The van der Waals surface area contributed by atoms with Crippen molar-refractivity contribution in [1.82, 2.24) is 15.1 Å². The summed E-state index contributed by atoms with van der Waals surface area (Å²) in [4.78, 5) is 17.2. The van der Waals surface area contributed by atoms with Gasteiger partial charge < -0.3 is 9.80 Å². The normalized spacial score (nSPS) is 33.4. The summed E-state index contributed by atoms with van der Waals surface area (Å²) < 4.78 is 0. The van der Waals surface area contributed by atoms with Gasteiger partial charge in [-0.15, -0.1) is 0 Å². The molecular weight excluding hydrogens is 238 g/mol. The minimum atomic E-state index is 0.0343. The summed E-state index contributed by atoms with van der Waals surface area (Å²) in [5, 5.41) is 3.47. The predicted molar refractivity (Wildman–Crippen MR) is 77.8 cm³/mol. The number of likely N-dealkylation sites (tertiary alicyclic amines) is 1. The molecule has 0 spiro atoms. The fraction of sp³-hybridized carbons (Fsp3) is 0.933. The van der Waals surface area contributed by atoms with Crippen molar-refractivity contribution in [3.05, 3.63) is 0 Å². The predicted octanol–water partition coefficient (Wildman–Crippen LogP) is 1.66. The van der Waals surface area contributed by atoms with Gasteiger partial charge >= 0.3 is 0 Å². The van der Waals surface area contributed by atoms with Gasteiger partial charge in [0.05, 0.1) is 12.2 Å². The van der Waals surface area contributed by atoms with Crippen LogP contribution in [-0.4, -0.2) is 53.6 Å². The van der Waals surface area contributed by atoms with Crippen molar-refractivity contribution < 1.29 is 4.79 Å². The molecule has 0 radical (unpaired) electrons. The third-order valence-corrected chi connectivity index (χ3v) is 4.44. The highest BCUT2D eigenvalue weighted by atomic mass is 16.2. The number of hydrogen-bond acceptors (Lipinski definition) is 3. The Morgan fingerprint density at radius 2 is 2.16 bits per heavy atom. The number of nitrogens with zero attached hydrogens (tertiary/aromatic N) is 2. The van der Waals surface area contributed by atoms with Crippen LogP contribution in [0, 0.1) is 5.92 Å². The topological polar surface area (TPSA) is 35.6 Å². The molecule has 2 aliphatic heterocycles. The lowest BCUT2D eigenvalue weighted by Gasteiger charge is -2.38. The monoisotopic (exact) mass is 267 g/mol. The third-order valence-electron chi connectivity index (χ3n) is 4.44. The van der Waals surface area contributed by atoms with Crippen LogP contribution in [0.3, 0.4) is 0 Å².